The van der Waals surface area contributed by atoms with Gasteiger partial charge in [0.2, 0.25) is 10.0 Å². The van der Waals surface area contributed by atoms with Crippen molar-refractivity contribution in [3.63, 3.8) is 0 Å². The van der Waals surface area contributed by atoms with Crippen molar-refractivity contribution in [3.8, 4) is 0 Å². The molecule has 0 spiro atoms. The van der Waals surface area contributed by atoms with Gasteiger partial charge >= 0.3 is 0 Å². The number of benzene rings is 1. The maximum atomic E-state index is 12.8. The third kappa shape index (κ3) is 3.55. The first-order valence-electron chi connectivity index (χ1n) is 6.52. The van der Waals surface area contributed by atoms with E-state index in [4.69, 9.17) is 5.73 Å². The van der Waals surface area contributed by atoms with E-state index in [9.17, 15) is 8.42 Å². The first kappa shape index (κ1) is 17.5. The molecule has 0 heterocycles. The molecule has 0 bridgehead atoms. The molecule has 4 nitrogen and oxygen atoms in total. The molecule has 0 saturated heterocycles. The van der Waals surface area contributed by atoms with E-state index in [-0.39, 0.29) is 6.04 Å². The normalized spacial score (nSPS) is 13.8. The Labute approximate surface area is 126 Å². The minimum absolute atomic E-state index is 0.0451. The maximum absolute atomic E-state index is 12.8. The van der Waals surface area contributed by atoms with E-state index in [1.54, 1.807) is 24.9 Å². The van der Waals surface area contributed by atoms with Gasteiger partial charge < -0.3 is 5.73 Å². The van der Waals surface area contributed by atoms with Gasteiger partial charge in [0.25, 0.3) is 0 Å². The van der Waals surface area contributed by atoms with Crippen LogP contribution in [0.25, 0.3) is 0 Å². The molecule has 0 aliphatic carbocycles. The van der Waals surface area contributed by atoms with Crippen LogP contribution in [-0.4, -0.2) is 37.8 Å². The fraction of sp³-hybridized carbons (Fsp3) is 0.571. The Kier molecular flexibility index (Phi) is 6.06. The lowest BCUT2D eigenvalue weighted by Gasteiger charge is -2.25. The molecule has 0 fully saturated rings. The number of rotatable bonds is 6. The Morgan fingerprint density at radius 2 is 1.95 bits per heavy atom. The summed E-state index contributed by atoms with van der Waals surface area (Å²) in [7, 11) is -1.84. The summed E-state index contributed by atoms with van der Waals surface area (Å²) in [5, 5.41) is 0. The predicted octanol–water partition coefficient (Wildman–Crippen LogP) is 2.13. The molecule has 0 aromatic heterocycles. The SMILES string of the molecule is CSCC(C)N(C)S(=O)(=O)c1cc(CN)cc(C)c1C. The molecule has 1 aromatic carbocycles. The molecule has 0 amide bonds. The van der Waals surface area contributed by atoms with Gasteiger partial charge in [0.05, 0.1) is 4.90 Å². The van der Waals surface area contributed by atoms with Crippen LogP contribution in [0.15, 0.2) is 17.0 Å². The molecular weight excluding hydrogens is 292 g/mol. The number of thioether (sulfide) groups is 1. The predicted molar refractivity (Wildman–Crippen MR) is 86.6 cm³/mol. The molecule has 1 rings (SSSR count). The molecular formula is C14H24N2O2S2. The molecule has 20 heavy (non-hydrogen) atoms. The zero-order valence-corrected chi connectivity index (χ0v) is 14.4. The van der Waals surface area contributed by atoms with Gasteiger partial charge in [-0.1, -0.05) is 6.07 Å². The second-order valence-electron chi connectivity index (χ2n) is 5.07. The lowest BCUT2D eigenvalue weighted by molar-refractivity contribution is 0.414. The highest BCUT2D eigenvalue weighted by Crippen LogP contribution is 2.25. The Balaban J connectivity index is 3.31. The topological polar surface area (TPSA) is 63.4 Å². The summed E-state index contributed by atoms with van der Waals surface area (Å²) in [5.41, 5.74) is 8.25. The summed E-state index contributed by atoms with van der Waals surface area (Å²) < 4.78 is 27.0. The minimum Gasteiger partial charge on any atom is -0.326 e. The highest BCUT2D eigenvalue weighted by molar-refractivity contribution is 7.98. The van der Waals surface area contributed by atoms with E-state index in [2.05, 4.69) is 0 Å². The number of nitrogens with zero attached hydrogens (tertiary/aromatic N) is 1. The van der Waals surface area contributed by atoms with Gasteiger partial charge in [0.15, 0.2) is 0 Å². The van der Waals surface area contributed by atoms with Crippen molar-refractivity contribution in [1.82, 2.24) is 4.31 Å². The molecule has 1 atom stereocenters. The van der Waals surface area contributed by atoms with Gasteiger partial charge in [0.1, 0.15) is 0 Å². The quantitative estimate of drug-likeness (QED) is 0.873. The van der Waals surface area contributed by atoms with Crippen molar-refractivity contribution < 1.29 is 8.42 Å². The van der Waals surface area contributed by atoms with Gasteiger partial charge in [-0.2, -0.15) is 16.1 Å². The lowest BCUT2D eigenvalue weighted by Crippen LogP contribution is -2.37. The third-order valence-corrected chi connectivity index (χ3v) is 6.51. The first-order chi connectivity index (χ1) is 9.25. The largest absolute Gasteiger partial charge is 0.326 e. The zero-order chi connectivity index (χ0) is 15.5. The number of hydrogen-bond acceptors (Lipinski definition) is 4. The molecule has 6 heteroatoms. The molecule has 0 aliphatic rings. The molecule has 0 saturated carbocycles. The van der Waals surface area contributed by atoms with Crippen LogP contribution in [0.1, 0.15) is 23.6 Å². The highest BCUT2D eigenvalue weighted by atomic mass is 32.2. The molecule has 1 unspecified atom stereocenters. The molecule has 0 aliphatic heterocycles. The zero-order valence-electron chi connectivity index (χ0n) is 12.8. The van der Waals surface area contributed by atoms with Crippen LogP contribution >= 0.6 is 11.8 Å². The Hall–Kier alpha value is -0.560. The summed E-state index contributed by atoms with van der Waals surface area (Å²) >= 11 is 1.64. The summed E-state index contributed by atoms with van der Waals surface area (Å²) in [6.45, 7) is 6.02. The van der Waals surface area contributed by atoms with Crippen molar-refractivity contribution in [2.75, 3.05) is 19.1 Å². The van der Waals surface area contributed by atoms with Gasteiger partial charge in [-0.15, -0.1) is 0 Å². The molecule has 1 aromatic rings. The van der Waals surface area contributed by atoms with Crippen molar-refractivity contribution in [1.29, 1.82) is 0 Å². The number of hydrogen-bond donors (Lipinski definition) is 1. The van der Waals surface area contributed by atoms with Crippen molar-refractivity contribution in [2.45, 2.75) is 38.3 Å². The summed E-state index contributed by atoms with van der Waals surface area (Å²) in [5.74, 6) is 0.768. The second-order valence-corrected chi connectivity index (χ2v) is 7.94. The van der Waals surface area contributed by atoms with E-state index in [0.29, 0.717) is 11.4 Å². The molecule has 114 valence electrons. The van der Waals surface area contributed by atoms with Crippen LogP contribution in [0.2, 0.25) is 0 Å². The summed E-state index contributed by atoms with van der Waals surface area (Å²) in [6.07, 6.45) is 1.97. The Bertz CT molecular complexity index is 571. The average molecular weight is 316 g/mol. The monoisotopic (exact) mass is 316 g/mol. The highest BCUT2D eigenvalue weighted by Gasteiger charge is 2.27. The van der Waals surface area contributed by atoms with Crippen LogP contribution < -0.4 is 5.73 Å². The van der Waals surface area contributed by atoms with Gasteiger partial charge in [-0.05, 0) is 49.8 Å². The minimum atomic E-state index is -3.48. The van der Waals surface area contributed by atoms with E-state index in [0.717, 1.165) is 22.4 Å². The maximum Gasteiger partial charge on any atom is 0.243 e. The van der Waals surface area contributed by atoms with E-state index < -0.39 is 10.0 Å². The van der Waals surface area contributed by atoms with Crippen LogP contribution in [0.3, 0.4) is 0 Å². The summed E-state index contributed by atoms with van der Waals surface area (Å²) in [4.78, 5) is 0.369. The lowest BCUT2D eigenvalue weighted by atomic mass is 10.1. The van der Waals surface area contributed by atoms with E-state index in [1.807, 2.05) is 33.1 Å². The van der Waals surface area contributed by atoms with Crippen LogP contribution in [0.5, 0.6) is 0 Å². The van der Waals surface area contributed by atoms with Gasteiger partial charge in [0, 0.05) is 25.4 Å². The van der Waals surface area contributed by atoms with Crippen molar-refractivity contribution in [3.05, 3.63) is 28.8 Å². The molecule has 2 N–H and O–H groups in total. The van der Waals surface area contributed by atoms with Crippen molar-refractivity contribution >= 4 is 21.8 Å². The Morgan fingerprint density at radius 3 is 2.45 bits per heavy atom. The number of aryl methyl sites for hydroxylation is 1. The summed E-state index contributed by atoms with van der Waals surface area (Å²) in [6, 6.07) is 3.59. The third-order valence-electron chi connectivity index (χ3n) is 3.60. The number of sulfonamides is 1. The first-order valence-corrected chi connectivity index (χ1v) is 9.36. The van der Waals surface area contributed by atoms with Gasteiger partial charge in [-0.3, -0.25) is 0 Å². The van der Waals surface area contributed by atoms with E-state index in [1.165, 1.54) is 4.31 Å². The van der Waals surface area contributed by atoms with Gasteiger partial charge in [-0.25, -0.2) is 8.42 Å². The van der Waals surface area contributed by atoms with Crippen LogP contribution in [-0.2, 0) is 16.6 Å². The molecule has 0 radical (unpaired) electrons. The number of nitrogens with two attached hydrogens (primary N) is 1. The van der Waals surface area contributed by atoms with Crippen LogP contribution in [0, 0.1) is 13.8 Å². The van der Waals surface area contributed by atoms with E-state index >= 15 is 0 Å². The average Bonchev–Trinajstić information content (AvgIpc) is 2.40. The smallest absolute Gasteiger partial charge is 0.243 e. The standard InChI is InChI=1S/C14H24N2O2S2/c1-10-6-13(8-15)7-14(12(10)3)20(17,18)16(4)11(2)9-19-5/h6-7,11H,8-9,15H2,1-5H3. The van der Waals surface area contributed by atoms with Crippen molar-refractivity contribution in [2.24, 2.45) is 5.73 Å². The fourth-order valence-electron chi connectivity index (χ4n) is 2.02. The Morgan fingerprint density at radius 1 is 1.35 bits per heavy atom. The van der Waals surface area contributed by atoms with Crippen LogP contribution in [0.4, 0.5) is 0 Å². The second kappa shape index (κ2) is 6.93. The fourth-order valence-corrected chi connectivity index (χ4v) is 4.53.